The normalized spacial score (nSPS) is 17.8. The molecule has 0 bridgehead atoms. The van der Waals surface area contributed by atoms with Crippen LogP contribution in [0, 0.1) is 23.7 Å². The van der Waals surface area contributed by atoms with Gasteiger partial charge in [0, 0.05) is 244 Å². The predicted molar refractivity (Wildman–Crippen MR) is 550 cm³/mol. The number of methoxy groups -OCH3 is 10. The number of aromatic amines is 4. The summed E-state index contributed by atoms with van der Waals surface area (Å²) in [7, 11) is 24.3. The molecule has 0 saturated heterocycles. The summed E-state index contributed by atoms with van der Waals surface area (Å²) in [6.45, 7) is 23.8. The number of aryl methyl sites for hydroxylation is 4. The molecule has 0 spiro atoms. The van der Waals surface area contributed by atoms with E-state index in [4.69, 9.17) is 47.4 Å². The van der Waals surface area contributed by atoms with Gasteiger partial charge in [-0.2, -0.15) is 10.2 Å². The van der Waals surface area contributed by atoms with E-state index in [1.54, 1.807) is 71.1 Å². The van der Waals surface area contributed by atoms with Crippen LogP contribution < -0.4 is 25.0 Å². The Morgan fingerprint density at radius 2 is 0.748 bits per heavy atom. The second-order valence-corrected chi connectivity index (χ2v) is 40.9. The van der Waals surface area contributed by atoms with E-state index in [0.717, 1.165) is 189 Å². The molecular formula is C109H157N13O17. The first-order chi connectivity index (χ1) is 66.8. The minimum absolute atomic E-state index is 0.0719. The third-order valence-electron chi connectivity index (χ3n) is 28.8. The number of ether oxygens (including phenoxy) is 10. The van der Waals surface area contributed by atoms with Gasteiger partial charge in [-0.1, -0.05) is 61.8 Å². The van der Waals surface area contributed by atoms with Gasteiger partial charge in [-0.05, 0) is 265 Å². The van der Waals surface area contributed by atoms with Gasteiger partial charge >= 0.3 is 0 Å². The molecule has 4 aromatic heterocycles. The van der Waals surface area contributed by atoms with Crippen molar-refractivity contribution in [3.8, 4) is 11.4 Å². The number of nitrogens with zero attached hydrogens (tertiary/aromatic N) is 8. The van der Waals surface area contributed by atoms with Crippen molar-refractivity contribution in [2.45, 2.75) is 231 Å². The molecule has 4 aromatic carbocycles. The molecule has 8 aromatic rings. The molecule has 8 aliphatic rings. The maximum absolute atomic E-state index is 14.0. The average molecular weight is 1920 g/mol. The van der Waals surface area contributed by atoms with Crippen LogP contribution in [-0.2, 0) is 119 Å². The van der Waals surface area contributed by atoms with E-state index in [-0.39, 0.29) is 47.4 Å². The number of benzene rings is 4. The van der Waals surface area contributed by atoms with Crippen LogP contribution >= 0.6 is 0 Å². The summed E-state index contributed by atoms with van der Waals surface area (Å²) in [6.07, 6.45) is 21.9. The van der Waals surface area contributed by atoms with Gasteiger partial charge in [0.15, 0.2) is 11.6 Å². The Hall–Kier alpha value is -9.83. The molecule has 1 saturated carbocycles. The molecule has 4 aliphatic heterocycles. The molecule has 0 radical (unpaired) electrons. The second kappa shape index (κ2) is 48.8. The Kier molecular flexibility index (Phi) is 37.9. The number of nitrogens with one attached hydrogen (secondary N) is 5. The monoisotopic (exact) mass is 1920 g/mol. The number of anilines is 5. The summed E-state index contributed by atoms with van der Waals surface area (Å²) >= 11 is 0. The largest absolute Gasteiger partial charge is 0.385 e. The van der Waals surface area contributed by atoms with E-state index < -0.39 is 21.7 Å². The summed E-state index contributed by atoms with van der Waals surface area (Å²) in [5.41, 5.74) is 22.1. The highest BCUT2D eigenvalue weighted by atomic mass is 16.7. The molecule has 1 fully saturated rings. The Morgan fingerprint density at radius 1 is 0.396 bits per heavy atom. The Balaban J connectivity index is 0.000000162. The van der Waals surface area contributed by atoms with Gasteiger partial charge in [0.2, 0.25) is 35.8 Å². The summed E-state index contributed by atoms with van der Waals surface area (Å²) in [5, 5.41) is 15.3. The van der Waals surface area contributed by atoms with Gasteiger partial charge < -0.3 is 86.8 Å². The predicted octanol–water partition coefficient (Wildman–Crippen LogP) is 17.6. The maximum Gasteiger partial charge on any atom is 0.237 e. The molecule has 0 unspecified atom stereocenters. The first-order valence-electron chi connectivity index (χ1n) is 50.3. The van der Waals surface area contributed by atoms with E-state index in [0.29, 0.717) is 185 Å². The zero-order valence-corrected chi connectivity index (χ0v) is 87.0. The quantitative estimate of drug-likeness (QED) is 0.00789. The minimum Gasteiger partial charge on any atom is -0.385 e. The zero-order chi connectivity index (χ0) is 100. The number of H-pyrrole nitrogens is 4. The fourth-order valence-electron chi connectivity index (χ4n) is 21.9. The molecule has 30 nitrogen and oxygen atoms in total. The van der Waals surface area contributed by atoms with Crippen LogP contribution in [-0.4, -0.2) is 266 Å². The van der Waals surface area contributed by atoms with E-state index in [1.165, 1.54) is 16.5 Å². The highest BCUT2D eigenvalue weighted by Gasteiger charge is 2.55. The standard InChI is InChI=1S/C28H39N3O4.C26H34N4O3.C25H37N3O4.C25H34N2O4.C5H13NO2/c1-18(2)16-31-24-14-21-20-9-7-8-19(17-30(3)4)26(32)25(20)29-23(21)15-22(24)28(27(31)33,10-12-34-5)11-13-35-6;1-16(2)15-30-22-12-19-18-7-5-6-17-14-27-29-23(17)24(18)28-21(19)13-20(22)26(25(30)31,8-10-32-3)9-11-33-4;1-18(2)17-28-22-11-10-19(26-27-21-8-6-5-7-9-23(21)29)16-20(22)25(24(28)30,12-14-31-3)13-15-32-4;1-16(2)15-27-21-13-18-17-7-5-6-8-22(28)23(17)26-20(18)14-19(21)25(24(27)29,9-11-30-3)10-12-31-4;1-6(2)5(7-3)8-4/h14-15,17-18,29H,7-13,16H2,1-6H3;12-14,16,28H,5-11,15H2,1-4H3,(H,27,29);10-11,16,18,26H,5-9,12-15,17H2,1-4H3;13-14,16,26H,5-12,15H2,1-4H3;5H,1-4H3/b19-17+;;27-21+;;. The lowest BCUT2D eigenvalue weighted by atomic mass is 9.76. The number of allylic oxidation sites excluding steroid dienone is 1. The van der Waals surface area contributed by atoms with E-state index in [2.05, 4.69) is 127 Å². The number of hydrogen-bond donors (Lipinski definition) is 5. The molecule has 0 atom stereocenters. The second-order valence-electron chi connectivity index (χ2n) is 40.9. The molecule has 8 heterocycles. The fraction of sp³-hybridized carbons (Fsp3) is 0.606. The van der Waals surface area contributed by atoms with Crippen molar-refractivity contribution in [1.29, 1.82) is 0 Å². The number of rotatable bonds is 38. The summed E-state index contributed by atoms with van der Waals surface area (Å²) in [5.74, 6) is 2.33. The molecule has 16 rings (SSSR count). The minimum atomic E-state index is -0.701. The van der Waals surface area contributed by atoms with Crippen LogP contribution in [0.5, 0.6) is 0 Å². The Bertz CT molecular complexity index is 5610. The topological polar surface area (TPSA) is 332 Å². The van der Waals surface area contributed by atoms with Gasteiger partial charge in [-0.3, -0.25) is 49.0 Å². The van der Waals surface area contributed by atoms with Gasteiger partial charge in [0.1, 0.15) is 5.71 Å². The summed E-state index contributed by atoms with van der Waals surface area (Å²) < 4.78 is 53.1. The van der Waals surface area contributed by atoms with Crippen molar-refractivity contribution < 1.29 is 80.9 Å². The fourth-order valence-corrected chi connectivity index (χ4v) is 21.9. The van der Waals surface area contributed by atoms with Gasteiger partial charge in [-0.25, -0.2) is 0 Å². The van der Waals surface area contributed by atoms with Crippen LogP contribution in [0.15, 0.2) is 77.7 Å². The number of amides is 4. The SMILES string of the molecule is COC(OC)N(C)C.COCCC1(CCOC)C(=O)N(CC(C)C)c2cc3c4c([nH]c3cc21)-c1[nH]ncc1CCC4.COCCC1(CCOC)C(=O)N(CC(C)C)c2cc3c4c([nH]c3cc21)C(=O)/C(=C/N(C)C)CCC4.COCCC1(CCOC)C(=O)N(CC(C)C)c2cc3c4c([nH]c3cc21)C(=O)CCCC4.COCCC1(CCOC)C(=O)N(CC(C)C)c2ccc(N/N=C3\CCCCCC3=O)cc21. The zero-order valence-electron chi connectivity index (χ0n) is 87.0. The first kappa shape index (κ1) is 108. The number of ketones is 3. The van der Waals surface area contributed by atoms with E-state index in [9.17, 15) is 33.6 Å². The van der Waals surface area contributed by atoms with Crippen molar-refractivity contribution in [1.82, 2.24) is 34.9 Å². The van der Waals surface area contributed by atoms with Crippen molar-refractivity contribution in [2.75, 3.05) is 203 Å². The number of aromatic nitrogens is 5. The van der Waals surface area contributed by atoms with Gasteiger partial charge in [0.25, 0.3) is 0 Å². The number of hydrazone groups is 1. The van der Waals surface area contributed by atoms with Gasteiger partial charge in [0.05, 0.1) is 56.3 Å². The van der Waals surface area contributed by atoms with Gasteiger partial charge in [-0.15, -0.1) is 0 Å². The maximum atomic E-state index is 14.0. The molecule has 4 amide bonds. The number of Topliss-reactive ketones (excluding diaryl/α,β-unsaturated/α-hetero) is 3. The van der Waals surface area contributed by atoms with E-state index >= 15 is 0 Å². The van der Waals surface area contributed by atoms with Crippen LogP contribution in [0.1, 0.15) is 243 Å². The first-order valence-corrected chi connectivity index (χ1v) is 50.3. The third kappa shape index (κ3) is 23.1. The highest BCUT2D eigenvalue weighted by Crippen LogP contribution is 2.55. The van der Waals surface area contributed by atoms with Crippen LogP contribution in [0.4, 0.5) is 28.4 Å². The van der Waals surface area contributed by atoms with Crippen molar-refractivity contribution in [3.63, 3.8) is 0 Å². The number of fused-ring (bicyclic) bond motifs is 15. The van der Waals surface area contributed by atoms with Crippen LogP contribution in [0.25, 0.3) is 44.1 Å². The lowest BCUT2D eigenvalue weighted by Gasteiger charge is -2.29. The summed E-state index contributed by atoms with van der Waals surface area (Å²) in [6, 6.07) is 19.0. The smallest absolute Gasteiger partial charge is 0.237 e. The lowest BCUT2D eigenvalue weighted by molar-refractivity contribution is -0.179. The molecule has 30 heteroatoms. The average Bonchev–Trinajstić information content (AvgIpc) is 1.56. The molecular weight excluding hydrogens is 1760 g/mol. The molecule has 139 heavy (non-hydrogen) atoms. The van der Waals surface area contributed by atoms with Crippen LogP contribution in [0.3, 0.4) is 0 Å². The van der Waals surface area contributed by atoms with Crippen molar-refractivity contribution in [2.24, 2.45) is 28.8 Å². The number of carbonyl (C=O) groups is 7. The van der Waals surface area contributed by atoms with Crippen molar-refractivity contribution >= 4 is 108 Å². The van der Waals surface area contributed by atoms with Crippen LogP contribution in [0.2, 0.25) is 0 Å². The molecule has 4 aliphatic carbocycles. The van der Waals surface area contributed by atoms with E-state index in [1.807, 2.05) is 88.2 Å². The van der Waals surface area contributed by atoms with Crippen molar-refractivity contribution in [3.05, 3.63) is 128 Å². The Labute approximate surface area is 822 Å². The number of carbonyl (C=O) groups excluding carboxylic acids is 7. The Morgan fingerprint density at radius 3 is 1.14 bits per heavy atom. The molecule has 5 N–H and O–H groups in total. The number of hydrogen-bond acceptors (Lipinski definition) is 22. The summed E-state index contributed by atoms with van der Waals surface area (Å²) in [4.78, 5) is 116. The third-order valence-corrected chi connectivity index (χ3v) is 28.8. The highest BCUT2D eigenvalue weighted by molar-refractivity contribution is 6.40. The lowest BCUT2D eigenvalue weighted by Crippen LogP contribution is -2.43. The molecule has 760 valence electrons.